The molecule has 0 unspecified atom stereocenters. The van der Waals surface area contributed by atoms with Gasteiger partial charge in [0.2, 0.25) is 0 Å². The van der Waals surface area contributed by atoms with Crippen LogP contribution < -0.4 is 5.32 Å². The van der Waals surface area contributed by atoms with Crippen molar-refractivity contribution < 1.29 is 4.21 Å². The second-order valence-electron chi connectivity index (χ2n) is 5.55. The lowest BCUT2D eigenvalue weighted by Crippen LogP contribution is -2.40. The van der Waals surface area contributed by atoms with Crippen molar-refractivity contribution in [2.45, 2.75) is 57.7 Å². The molecule has 0 heterocycles. The Hall–Kier alpha value is 0.110. The number of rotatable bonds is 5. The molecule has 1 aliphatic rings. The van der Waals surface area contributed by atoms with Gasteiger partial charge in [0.15, 0.2) is 0 Å². The molecule has 3 heteroatoms. The van der Waals surface area contributed by atoms with Crippen LogP contribution in [0.2, 0.25) is 0 Å². The highest BCUT2D eigenvalue weighted by Gasteiger charge is 2.24. The molecule has 96 valence electrons. The summed E-state index contributed by atoms with van der Waals surface area (Å²) in [7, 11) is -0.671. The molecule has 0 aromatic rings. The van der Waals surface area contributed by atoms with Gasteiger partial charge < -0.3 is 5.32 Å². The minimum atomic E-state index is -0.671. The predicted molar refractivity (Wildman–Crippen MR) is 72.1 cm³/mol. The summed E-state index contributed by atoms with van der Waals surface area (Å²) < 4.78 is 11.2. The molecule has 1 rings (SSSR count). The summed E-state index contributed by atoms with van der Waals surface area (Å²) in [6, 6.07) is 0.689. The Balaban J connectivity index is 2.20. The third-order valence-corrected chi connectivity index (χ3v) is 5.32. The summed E-state index contributed by atoms with van der Waals surface area (Å²) in [5, 5.41) is 3.97. The second kappa shape index (κ2) is 6.75. The van der Waals surface area contributed by atoms with Crippen LogP contribution >= 0.6 is 0 Å². The van der Waals surface area contributed by atoms with Gasteiger partial charge in [-0.05, 0) is 44.1 Å². The molecule has 0 aliphatic heterocycles. The van der Waals surface area contributed by atoms with Gasteiger partial charge in [-0.15, -0.1) is 0 Å². The second-order valence-corrected chi connectivity index (χ2v) is 7.36. The minimum Gasteiger partial charge on any atom is -0.314 e. The molecule has 0 amide bonds. The van der Waals surface area contributed by atoms with E-state index in [1.54, 1.807) is 6.26 Å². The molecule has 0 aromatic carbocycles. The Morgan fingerprint density at radius 2 is 2.06 bits per heavy atom. The van der Waals surface area contributed by atoms with Gasteiger partial charge in [-0.3, -0.25) is 4.21 Å². The minimum absolute atomic E-state index is 0.324. The van der Waals surface area contributed by atoms with Crippen molar-refractivity contribution in [2.75, 3.05) is 12.8 Å². The van der Waals surface area contributed by atoms with Gasteiger partial charge in [-0.25, -0.2) is 0 Å². The van der Waals surface area contributed by atoms with Gasteiger partial charge >= 0.3 is 0 Å². The van der Waals surface area contributed by atoms with Crippen molar-refractivity contribution in [1.82, 2.24) is 5.32 Å². The summed E-state index contributed by atoms with van der Waals surface area (Å²) in [4.78, 5) is 0. The first-order valence-corrected chi connectivity index (χ1v) is 8.18. The molecule has 0 aromatic heterocycles. The van der Waals surface area contributed by atoms with Gasteiger partial charge in [0.1, 0.15) is 0 Å². The first-order valence-electron chi connectivity index (χ1n) is 6.56. The number of nitrogens with one attached hydrogen (secondary N) is 1. The van der Waals surface area contributed by atoms with E-state index in [-0.39, 0.29) is 0 Å². The van der Waals surface area contributed by atoms with E-state index >= 15 is 0 Å². The molecule has 16 heavy (non-hydrogen) atoms. The van der Waals surface area contributed by atoms with E-state index in [4.69, 9.17) is 0 Å². The lowest BCUT2D eigenvalue weighted by molar-refractivity contribution is 0.228. The maximum Gasteiger partial charge on any atom is 0.0329 e. The van der Waals surface area contributed by atoms with E-state index < -0.39 is 10.8 Å². The Bertz CT molecular complexity index is 232. The van der Waals surface area contributed by atoms with Crippen LogP contribution in [0.4, 0.5) is 0 Å². The van der Waals surface area contributed by atoms with Crippen LogP contribution in [0, 0.1) is 11.8 Å². The first kappa shape index (κ1) is 14.2. The summed E-state index contributed by atoms with van der Waals surface area (Å²) in [6.45, 7) is 7.80. The van der Waals surface area contributed by atoms with E-state index in [0.717, 1.165) is 24.8 Å². The zero-order valence-electron chi connectivity index (χ0n) is 11.2. The lowest BCUT2D eigenvalue weighted by Gasteiger charge is -2.33. The zero-order chi connectivity index (χ0) is 12.1. The van der Waals surface area contributed by atoms with Crippen LogP contribution in [0.3, 0.4) is 0 Å². The highest BCUT2D eigenvalue weighted by atomic mass is 32.2. The van der Waals surface area contributed by atoms with Crippen molar-refractivity contribution in [3.8, 4) is 0 Å². The molecule has 1 saturated carbocycles. The smallest absolute Gasteiger partial charge is 0.0329 e. The summed E-state index contributed by atoms with van der Waals surface area (Å²) in [6.07, 6.45) is 6.85. The van der Waals surface area contributed by atoms with Gasteiger partial charge in [0, 0.05) is 28.3 Å². The Morgan fingerprint density at radius 3 is 2.62 bits per heavy atom. The molecule has 0 radical (unpaired) electrons. The molecule has 1 fully saturated rings. The van der Waals surface area contributed by atoms with Gasteiger partial charge in [0.25, 0.3) is 0 Å². The van der Waals surface area contributed by atoms with E-state index in [9.17, 15) is 4.21 Å². The molecular formula is C13H27NOS. The maximum absolute atomic E-state index is 11.2. The average Bonchev–Trinajstić information content (AvgIpc) is 2.20. The van der Waals surface area contributed by atoms with Crippen LogP contribution in [0.1, 0.15) is 46.5 Å². The Kier molecular flexibility index (Phi) is 5.98. The fraction of sp³-hybridized carbons (Fsp3) is 1.00. The van der Waals surface area contributed by atoms with Crippen molar-refractivity contribution in [2.24, 2.45) is 11.8 Å². The highest BCUT2D eigenvalue weighted by molar-refractivity contribution is 7.84. The third-order valence-electron chi connectivity index (χ3n) is 3.96. The standard InChI is InChI=1S/C13H27NOS/c1-10-5-6-13(11(2)9-10)14-8-7-12(3)16(4)15/h10-14H,5-9H2,1-4H3/t10-,11+,12+,13+,16+/m1/s1. The quantitative estimate of drug-likeness (QED) is 0.806. The summed E-state index contributed by atoms with van der Waals surface area (Å²) in [5.74, 6) is 1.70. The van der Waals surface area contributed by atoms with Gasteiger partial charge in [-0.1, -0.05) is 20.8 Å². The zero-order valence-corrected chi connectivity index (χ0v) is 12.0. The highest BCUT2D eigenvalue weighted by Crippen LogP contribution is 2.28. The molecule has 2 nitrogen and oxygen atoms in total. The molecule has 5 atom stereocenters. The fourth-order valence-corrected chi connectivity index (χ4v) is 3.06. The number of hydrogen-bond acceptors (Lipinski definition) is 2. The van der Waals surface area contributed by atoms with Crippen LogP contribution in [0.25, 0.3) is 0 Å². The summed E-state index contributed by atoms with van der Waals surface area (Å²) >= 11 is 0. The van der Waals surface area contributed by atoms with Crippen molar-refractivity contribution >= 4 is 10.8 Å². The van der Waals surface area contributed by atoms with E-state index in [0.29, 0.717) is 11.3 Å². The molecule has 1 N–H and O–H groups in total. The van der Waals surface area contributed by atoms with Crippen LogP contribution in [-0.4, -0.2) is 28.3 Å². The van der Waals surface area contributed by atoms with Crippen LogP contribution in [0.5, 0.6) is 0 Å². The first-order chi connectivity index (χ1) is 7.50. The Labute approximate surface area is 103 Å². The van der Waals surface area contributed by atoms with Crippen LogP contribution in [0.15, 0.2) is 0 Å². The van der Waals surface area contributed by atoms with E-state index in [1.807, 2.05) is 0 Å². The molecular weight excluding hydrogens is 218 g/mol. The van der Waals surface area contributed by atoms with E-state index in [1.165, 1.54) is 19.3 Å². The maximum atomic E-state index is 11.2. The SMILES string of the molecule is C[C@@H]1CC[C@H](NCC[C@H](C)[S@](C)=O)[C@@H](C)C1. The summed E-state index contributed by atoms with van der Waals surface area (Å²) in [5.41, 5.74) is 0. The normalized spacial score (nSPS) is 34.6. The lowest BCUT2D eigenvalue weighted by atomic mass is 9.80. The fourth-order valence-electron chi connectivity index (χ4n) is 2.61. The predicted octanol–water partition coefficient (Wildman–Crippen LogP) is 2.56. The molecule has 1 aliphatic carbocycles. The molecule has 0 spiro atoms. The molecule has 0 bridgehead atoms. The third kappa shape index (κ3) is 4.54. The van der Waals surface area contributed by atoms with E-state index in [2.05, 4.69) is 26.1 Å². The Morgan fingerprint density at radius 1 is 1.38 bits per heavy atom. The molecule has 0 saturated heterocycles. The van der Waals surface area contributed by atoms with Crippen molar-refractivity contribution in [1.29, 1.82) is 0 Å². The topological polar surface area (TPSA) is 29.1 Å². The van der Waals surface area contributed by atoms with Gasteiger partial charge in [0.05, 0.1) is 0 Å². The van der Waals surface area contributed by atoms with Crippen LogP contribution in [-0.2, 0) is 10.8 Å². The van der Waals surface area contributed by atoms with Gasteiger partial charge in [-0.2, -0.15) is 0 Å². The van der Waals surface area contributed by atoms with Crippen molar-refractivity contribution in [3.63, 3.8) is 0 Å². The number of hydrogen-bond donors (Lipinski definition) is 1. The average molecular weight is 245 g/mol. The van der Waals surface area contributed by atoms with Crippen molar-refractivity contribution in [3.05, 3.63) is 0 Å². The largest absolute Gasteiger partial charge is 0.314 e. The monoisotopic (exact) mass is 245 g/mol.